The van der Waals surface area contributed by atoms with Crippen LogP contribution in [0.1, 0.15) is 37.0 Å². The maximum Gasteiger partial charge on any atom is 0.258 e. The van der Waals surface area contributed by atoms with Crippen LogP contribution < -0.4 is 10.1 Å². The molecule has 0 saturated carbocycles. The summed E-state index contributed by atoms with van der Waals surface area (Å²) in [5, 5.41) is 7.01. The minimum Gasteiger partial charge on any atom is -0.477 e. The maximum atomic E-state index is 12.0. The second-order valence-corrected chi connectivity index (χ2v) is 4.82. The molecule has 6 heteroatoms. The molecule has 0 unspecified atom stereocenters. The molecule has 0 aromatic carbocycles. The summed E-state index contributed by atoms with van der Waals surface area (Å²) in [4.78, 5) is 12.0. The molecule has 0 saturated heterocycles. The molecule has 106 valence electrons. The molecule has 1 aromatic heterocycles. The van der Waals surface area contributed by atoms with Gasteiger partial charge in [-0.05, 0) is 20.3 Å². The highest BCUT2D eigenvalue weighted by Crippen LogP contribution is 2.21. The van der Waals surface area contributed by atoms with Gasteiger partial charge in [0.25, 0.3) is 5.91 Å². The van der Waals surface area contributed by atoms with Crippen LogP contribution >= 0.6 is 0 Å². The van der Waals surface area contributed by atoms with E-state index in [0.717, 1.165) is 19.4 Å². The Morgan fingerprint density at radius 3 is 3.26 bits per heavy atom. The van der Waals surface area contributed by atoms with Crippen molar-refractivity contribution in [3.63, 3.8) is 0 Å². The molecule has 1 aliphatic rings. The molecule has 0 aliphatic carbocycles. The summed E-state index contributed by atoms with van der Waals surface area (Å²) in [5.74, 6) is 0.454. The fourth-order valence-corrected chi connectivity index (χ4v) is 1.91. The van der Waals surface area contributed by atoms with Gasteiger partial charge in [0, 0.05) is 26.1 Å². The zero-order valence-electron chi connectivity index (χ0n) is 11.5. The maximum absolute atomic E-state index is 12.0. The molecule has 0 radical (unpaired) electrons. The van der Waals surface area contributed by atoms with Crippen LogP contribution in [0, 0.1) is 0 Å². The fraction of sp³-hybridized carbons (Fsp3) is 0.692. The summed E-state index contributed by atoms with van der Waals surface area (Å²) in [5.41, 5.74) is 0.518. The largest absolute Gasteiger partial charge is 0.477 e. The molecule has 2 heterocycles. The summed E-state index contributed by atoms with van der Waals surface area (Å²) >= 11 is 0. The molecule has 0 atom stereocenters. The quantitative estimate of drug-likeness (QED) is 0.787. The number of amides is 1. The summed E-state index contributed by atoms with van der Waals surface area (Å²) < 4.78 is 12.6. The standard InChI is InChI=1S/C13H21N3O3/c1-10(2)18-7-3-5-14-12(17)11-9-15-16-6-4-8-19-13(11)16/h9-10H,3-8H2,1-2H3,(H,14,17). The number of aryl methyl sites for hydroxylation is 1. The molecule has 0 spiro atoms. The lowest BCUT2D eigenvalue weighted by Gasteiger charge is -2.15. The van der Waals surface area contributed by atoms with Gasteiger partial charge < -0.3 is 14.8 Å². The minimum atomic E-state index is -0.132. The predicted molar refractivity (Wildman–Crippen MR) is 70.4 cm³/mol. The zero-order chi connectivity index (χ0) is 13.7. The first-order chi connectivity index (χ1) is 9.18. The number of ether oxygens (including phenoxy) is 2. The van der Waals surface area contributed by atoms with Gasteiger partial charge in [-0.25, -0.2) is 4.68 Å². The first-order valence-corrected chi connectivity index (χ1v) is 6.77. The summed E-state index contributed by atoms with van der Waals surface area (Å²) in [7, 11) is 0. The van der Waals surface area contributed by atoms with Crippen molar-refractivity contribution in [1.82, 2.24) is 15.1 Å². The number of nitrogens with zero attached hydrogens (tertiary/aromatic N) is 2. The molecular formula is C13H21N3O3. The minimum absolute atomic E-state index is 0.132. The van der Waals surface area contributed by atoms with Crippen LogP contribution in [-0.4, -0.2) is 41.6 Å². The molecule has 0 fully saturated rings. The SMILES string of the molecule is CC(C)OCCCNC(=O)c1cnn2c1OCCC2. The van der Waals surface area contributed by atoms with Crippen LogP contribution in [-0.2, 0) is 11.3 Å². The number of hydrogen-bond acceptors (Lipinski definition) is 4. The van der Waals surface area contributed by atoms with E-state index in [0.29, 0.717) is 31.2 Å². The van der Waals surface area contributed by atoms with Gasteiger partial charge in [-0.1, -0.05) is 0 Å². The van der Waals surface area contributed by atoms with Gasteiger partial charge in [0.1, 0.15) is 5.56 Å². The lowest BCUT2D eigenvalue weighted by Crippen LogP contribution is -2.26. The van der Waals surface area contributed by atoms with Crippen LogP contribution in [0.3, 0.4) is 0 Å². The molecule has 1 aliphatic heterocycles. The van der Waals surface area contributed by atoms with Gasteiger partial charge in [-0.2, -0.15) is 5.10 Å². The third-order valence-corrected chi connectivity index (χ3v) is 2.85. The van der Waals surface area contributed by atoms with E-state index in [1.165, 1.54) is 0 Å². The highest BCUT2D eigenvalue weighted by molar-refractivity contribution is 5.96. The lowest BCUT2D eigenvalue weighted by atomic mass is 10.3. The number of hydrogen-bond donors (Lipinski definition) is 1. The van der Waals surface area contributed by atoms with Crippen molar-refractivity contribution < 1.29 is 14.3 Å². The fourth-order valence-electron chi connectivity index (χ4n) is 1.91. The molecule has 19 heavy (non-hydrogen) atoms. The van der Waals surface area contributed by atoms with Gasteiger partial charge in [0.2, 0.25) is 5.88 Å². The Balaban J connectivity index is 1.78. The van der Waals surface area contributed by atoms with E-state index < -0.39 is 0 Å². The van der Waals surface area contributed by atoms with Crippen LogP contribution in [0.2, 0.25) is 0 Å². The number of carbonyl (C=O) groups excluding carboxylic acids is 1. The number of aromatic nitrogens is 2. The lowest BCUT2D eigenvalue weighted by molar-refractivity contribution is 0.0756. The average Bonchev–Trinajstić information content (AvgIpc) is 2.81. The average molecular weight is 267 g/mol. The molecule has 0 bridgehead atoms. The van der Waals surface area contributed by atoms with Gasteiger partial charge >= 0.3 is 0 Å². The second kappa shape index (κ2) is 6.56. The number of fused-ring (bicyclic) bond motifs is 1. The molecule has 6 nitrogen and oxygen atoms in total. The van der Waals surface area contributed by atoms with Crippen LogP contribution in [0.25, 0.3) is 0 Å². The van der Waals surface area contributed by atoms with Gasteiger partial charge in [-0.15, -0.1) is 0 Å². The number of nitrogens with one attached hydrogen (secondary N) is 1. The van der Waals surface area contributed by atoms with Gasteiger partial charge in [0.05, 0.1) is 18.9 Å². The monoisotopic (exact) mass is 267 g/mol. The normalized spacial score (nSPS) is 14.1. The third kappa shape index (κ3) is 3.70. The van der Waals surface area contributed by atoms with E-state index in [1.807, 2.05) is 13.8 Å². The third-order valence-electron chi connectivity index (χ3n) is 2.85. The van der Waals surface area contributed by atoms with Crippen molar-refractivity contribution >= 4 is 5.91 Å². The number of carbonyl (C=O) groups is 1. The van der Waals surface area contributed by atoms with Crippen molar-refractivity contribution in [3.05, 3.63) is 11.8 Å². The topological polar surface area (TPSA) is 65.4 Å². The molecule has 1 aromatic rings. The Bertz CT molecular complexity index is 429. The van der Waals surface area contributed by atoms with Crippen molar-refractivity contribution in [3.8, 4) is 5.88 Å². The highest BCUT2D eigenvalue weighted by Gasteiger charge is 2.20. The van der Waals surface area contributed by atoms with Gasteiger partial charge in [-0.3, -0.25) is 4.79 Å². The van der Waals surface area contributed by atoms with E-state index >= 15 is 0 Å². The molecule has 1 amide bonds. The van der Waals surface area contributed by atoms with Crippen LogP contribution in [0.4, 0.5) is 0 Å². The van der Waals surface area contributed by atoms with E-state index in [4.69, 9.17) is 9.47 Å². The van der Waals surface area contributed by atoms with Crippen molar-refractivity contribution in [2.24, 2.45) is 0 Å². The van der Waals surface area contributed by atoms with Crippen LogP contribution in [0.15, 0.2) is 6.20 Å². The summed E-state index contributed by atoms with van der Waals surface area (Å²) in [6.45, 7) is 6.69. The molecular weight excluding hydrogens is 246 g/mol. The molecule has 1 N–H and O–H groups in total. The Morgan fingerprint density at radius 2 is 2.47 bits per heavy atom. The first-order valence-electron chi connectivity index (χ1n) is 6.77. The van der Waals surface area contributed by atoms with E-state index in [9.17, 15) is 4.79 Å². The van der Waals surface area contributed by atoms with Gasteiger partial charge in [0.15, 0.2) is 0 Å². The predicted octanol–water partition coefficient (Wildman–Crippen LogP) is 1.21. The van der Waals surface area contributed by atoms with E-state index in [2.05, 4.69) is 10.4 Å². The van der Waals surface area contributed by atoms with E-state index in [-0.39, 0.29) is 12.0 Å². The summed E-state index contributed by atoms with van der Waals surface area (Å²) in [6, 6.07) is 0. The second-order valence-electron chi connectivity index (χ2n) is 4.82. The Morgan fingerprint density at radius 1 is 1.63 bits per heavy atom. The smallest absolute Gasteiger partial charge is 0.258 e. The Hall–Kier alpha value is -1.56. The highest BCUT2D eigenvalue weighted by atomic mass is 16.5. The van der Waals surface area contributed by atoms with Crippen molar-refractivity contribution in [1.29, 1.82) is 0 Å². The van der Waals surface area contributed by atoms with E-state index in [1.54, 1.807) is 10.9 Å². The molecule has 2 rings (SSSR count). The van der Waals surface area contributed by atoms with Crippen molar-refractivity contribution in [2.75, 3.05) is 19.8 Å². The zero-order valence-corrected chi connectivity index (χ0v) is 11.5. The first kappa shape index (κ1) is 13.9. The van der Waals surface area contributed by atoms with Crippen molar-refractivity contribution in [2.45, 2.75) is 39.3 Å². The number of rotatable bonds is 6. The summed E-state index contributed by atoms with van der Waals surface area (Å²) in [6.07, 6.45) is 3.53. The Kier molecular flexibility index (Phi) is 4.79. The Labute approximate surface area is 113 Å². The van der Waals surface area contributed by atoms with Crippen LogP contribution in [0.5, 0.6) is 5.88 Å².